The molecule has 1 aromatic heterocycles. The van der Waals surface area contributed by atoms with Gasteiger partial charge in [0.2, 0.25) is 0 Å². The lowest BCUT2D eigenvalue weighted by atomic mass is 9.91. The Kier molecular flexibility index (Phi) is 9.05. The maximum atomic E-state index is 13.4. The first kappa shape index (κ1) is 27.4. The van der Waals surface area contributed by atoms with E-state index >= 15 is 0 Å². The zero-order valence-corrected chi connectivity index (χ0v) is 21.0. The molecule has 1 aromatic carbocycles. The minimum absolute atomic E-state index is 0.0116. The Balaban J connectivity index is 1.91. The molecule has 0 aliphatic carbocycles. The minimum Gasteiger partial charge on any atom is -0.503 e. The summed E-state index contributed by atoms with van der Waals surface area (Å²) >= 11 is 0. The van der Waals surface area contributed by atoms with Crippen molar-refractivity contribution in [2.45, 2.75) is 52.0 Å². The van der Waals surface area contributed by atoms with Gasteiger partial charge in [0.15, 0.2) is 29.5 Å². The van der Waals surface area contributed by atoms with Gasteiger partial charge in [-0.3, -0.25) is 19.2 Å². The summed E-state index contributed by atoms with van der Waals surface area (Å²) in [5.74, 6) is -5.11. The van der Waals surface area contributed by atoms with Gasteiger partial charge in [-0.2, -0.15) is 0 Å². The van der Waals surface area contributed by atoms with E-state index in [1.807, 2.05) is 6.07 Å². The molecule has 4 atom stereocenters. The van der Waals surface area contributed by atoms with E-state index in [1.165, 1.54) is 26.3 Å². The summed E-state index contributed by atoms with van der Waals surface area (Å²) < 4.78 is 21.6. The molecule has 1 aliphatic rings. The minimum atomic E-state index is -1.44. The number of nitrogens with one attached hydrogen (secondary N) is 1. The Hall–Kier alpha value is -4.15. The summed E-state index contributed by atoms with van der Waals surface area (Å²) in [6.07, 6.45) is -2.70. The van der Waals surface area contributed by atoms with Crippen molar-refractivity contribution in [1.29, 1.82) is 0 Å². The molecule has 1 aliphatic heterocycles. The normalized spacial score (nSPS) is 22.1. The highest BCUT2D eigenvalue weighted by Crippen LogP contribution is 2.28. The maximum Gasteiger partial charge on any atom is 0.315 e. The van der Waals surface area contributed by atoms with Crippen molar-refractivity contribution >= 4 is 23.8 Å². The zero-order chi connectivity index (χ0) is 27.1. The first-order valence-electron chi connectivity index (χ1n) is 11.8. The topological polar surface area (TPSA) is 150 Å². The molecule has 0 saturated carbocycles. The first-order valence-corrected chi connectivity index (χ1v) is 11.8. The highest BCUT2D eigenvalue weighted by atomic mass is 16.6. The third kappa shape index (κ3) is 6.96. The predicted molar refractivity (Wildman–Crippen MR) is 128 cm³/mol. The van der Waals surface area contributed by atoms with Gasteiger partial charge >= 0.3 is 17.9 Å². The second kappa shape index (κ2) is 12.2. The lowest BCUT2D eigenvalue weighted by Crippen LogP contribution is -2.45. The summed E-state index contributed by atoms with van der Waals surface area (Å²) in [5.41, 5.74) is 0.375. The number of methoxy groups -OCH3 is 1. The van der Waals surface area contributed by atoms with Crippen LogP contribution in [0.2, 0.25) is 0 Å². The average molecular weight is 515 g/mol. The second-order valence-corrected chi connectivity index (χ2v) is 8.86. The predicted octanol–water partition coefficient (Wildman–Crippen LogP) is 2.16. The van der Waals surface area contributed by atoms with Crippen LogP contribution in [0.25, 0.3) is 0 Å². The van der Waals surface area contributed by atoms with Crippen LogP contribution in [0, 0.1) is 11.8 Å². The number of rotatable bonds is 7. The van der Waals surface area contributed by atoms with Crippen LogP contribution in [0.3, 0.4) is 0 Å². The fourth-order valence-corrected chi connectivity index (χ4v) is 3.78. The van der Waals surface area contributed by atoms with E-state index in [-0.39, 0.29) is 17.9 Å². The smallest absolute Gasteiger partial charge is 0.315 e. The van der Waals surface area contributed by atoms with Gasteiger partial charge in [0.05, 0.1) is 13.0 Å². The number of carbonyl (C=O) groups excluding carboxylic acids is 4. The largest absolute Gasteiger partial charge is 0.503 e. The molecule has 11 heteroatoms. The van der Waals surface area contributed by atoms with Crippen LogP contribution in [-0.2, 0) is 35.0 Å². The molecule has 0 spiro atoms. The number of esters is 3. The van der Waals surface area contributed by atoms with Gasteiger partial charge in [0, 0.05) is 12.3 Å². The molecule has 2 heterocycles. The number of aromatic hydroxyl groups is 1. The van der Waals surface area contributed by atoms with E-state index in [4.69, 9.17) is 18.9 Å². The molecule has 2 aromatic rings. The molecule has 4 unspecified atom stereocenters. The van der Waals surface area contributed by atoms with E-state index in [0.717, 1.165) is 5.56 Å². The summed E-state index contributed by atoms with van der Waals surface area (Å²) in [6, 6.07) is 10.4. The van der Waals surface area contributed by atoms with Gasteiger partial charge in [0.25, 0.3) is 5.91 Å². The number of carbonyl (C=O) groups is 4. The Bertz CT molecular complexity index is 1140. The van der Waals surface area contributed by atoms with E-state index in [0.29, 0.717) is 0 Å². The van der Waals surface area contributed by atoms with Crippen LogP contribution in [0.1, 0.15) is 43.2 Å². The monoisotopic (exact) mass is 514 g/mol. The Morgan fingerprint density at radius 3 is 2.51 bits per heavy atom. The quantitative estimate of drug-likeness (QED) is 0.415. The molecule has 0 bridgehead atoms. The zero-order valence-electron chi connectivity index (χ0n) is 21.0. The number of cyclic esters (lactones) is 2. The summed E-state index contributed by atoms with van der Waals surface area (Å²) in [7, 11) is 1.31. The van der Waals surface area contributed by atoms with Crippen molar-refractivity contribution in [3.63, 3.8) is 0 Å². The molecule has 11 nitrogen and oxygen atoms in total. The number of aromatic nitrogens is 1. The van der Waals surface area contributed by atoms with Crippen LogP contribution in [0.4, 0.5) is 0 Å². The molecule has 0 radical (unpaired) electrons. The third-order valence-electron chi connectivity index (χ3n) is 5.73. The van der Waals surface area contributed by atoms with Crippen LogP contribution < -0.4 is 10.1 Å². The van der Waals surface area contributed by atoms with Crippen LogP contribution >= 0.6 is 0 Å². The van der Waals surface area contributed by atoms with Gasteiger partial charge in [-0.1, -0.05) is 44.2 Å². The number of hydrogen-bond acceptors (Lipinski definition) is 10. The number of amides is 1. The SMILES string of the molecule is COc1ccnc(C(=O)NC2CC(=O)OC(C)C(OC(=O)C(C)C)C(Cc3ccccc3)C(=O)O2)c1O. The van der Waals surface area contributed by atoms with Crippen LogP contribution in [0.15, 0.2) is 42.6 Å². The van der Waals surface area contributed by atoms with Gasteiger partial charge in [-0.25, -0.2) is 4.98 Å². The van der Waals surface area contributed by atoms with Gasteiger partial charge < -0.3 is 29.4 Å². The van der Waals surface area contributed by atoms with Crippen molar-refractivity contribution in [3.8, 4) is 11.5 Å². The summed E-state index contributed by atoms with van der Waals surface area (Å²) in [6.45, 7) is 4.82. The average Bonchev–Trinajstić information content (AvgIpc) is 2.89. The molecule has 37 heavy (non-hydrogen) atoms. The van der Waals surface area contributed by atoms with Crippen molar-refractivity contribution in [3.05, 3.63) is 53.9 Å². The lowest BCUT2D eigenvalue weighted by molar-refractivity contribution is -0.176. The van der Waals surface area contributed by atoms with E-state index in [2.05, 4.69) is 10.3 Å². The van der Waals surface area contributed by atoms with Crippen molar-refractivity contribution in [1.82, 2.24) is 10.3 Å². The second-order valence-electron chi connectivity index (χ2n) is 8.86. The van der Waals surface area contributed by atoms with E-state index < -0.39 is 66.3 Å². The molecular formula is C26H30N2O9. The fourth-order valence-electron chi connectivity index (χ4n) is 3.78. The molecule has 1 fully saturated rings. The highest BCUT2D eigenvalue weighted by Gasteiger charge is 2.42. The molecule has 1 amide bonds. The summed E-state index contributed by atoms with van der Waals surface area (Å²) in [5, 5.41) is 12.6. The maximum absolute atomic E-state index is 13.4. The first-order chi connectivity index (χ1) is 17.6. The third-order valence-corrected chi connectivity index (χ3v) is 5.73. The summed E-state index contributed by atoms with van der Waals surface area (Å²) in [4.78, 5) is 55.2. The van der Waals surface area contributed by atoms with Gasteiger partial charge in [-0.15, -0.1) is 0 Å². The van der Waals surface area contributed by atoms with E-state index in [9.17, 15) is 24.3 Å². The van der Waals surface area contributed by atoms with Gasteiger partial charge in [-0.05, 0) is 18.9 Å². The number of pyridine rings is 1. The Morgan fingerprint density at radius 2 is 1.86 bits per heavy atom. The number of nitrogens with zero attached hydrogens (tertiary/aromatic N) is 1. The molecule has 198 valence electrons. The van der Waals surface area contributed by atoms with Crippen molar-refractivity contribution in [2.24, 2.45) is 11.8 Å². The molecular weight excluding hydrogens is 484 g/mol. The number of ether oxygens (including phenoxy) is 4. The number of hydrogen-bond donors (Lipinski definition) is 2. The highest BCUT2D eigenvalue weighted by molar-refractivity contribution is 5.96. The standard InChI is InChI=1S/C26H30N2O9/c1-14(2)25(32)37-23-15(3)35-20(29)13-19(28-24(31)21-22(30)18(34-4)10-11-27-21)36-26(33)17(23)12-16-8-6-5-7-9-16/h5-11,14-15,17,19,23,30H,12-13H2,1-4H3,(H,28,31). The van der Waals surface area contributed by atoms with Crippen molar-refractivity contribution < 1.29 is 43.2 Å². The van der Waals surface area contributed by atoms with Crippen LogP contribution in [0.5, 0.6) is 11.5 Å². The Labute approximate surface area is 214 Å². The molecule has 2 N–H and O–H groups in total. The Morgan fingerprint density at radius 1 is 1.16 bits per heavy atom. The van der Waals surface area contributed by atoms with Crippen molar-refractivity contribution in [2.75, 3.05) is 7.11 Å². The molecule has 3 rings (SSSR count). The lowest BCUT2D eigenvalue weighted by Gasteiger charge is -2.30. The number of benzene rings is 1. The fraction of sp³-hybridized carbons (Fsp3) is 0.423. The van der Waals surface area contributed by atoms with E-state index in [1.54, 1.807) is 38.1 Å². The molecule has 1 saturated heterocycles. The van der Waals surface area contributed by atoms with Crippen LogP contribution in [-0.4, -0.2) is 59.5 Å². The van der Waals surface area contributed by atoms with Gasteiger partial charge in [0.1, 0.15) is 18.4 Å².